The lowest BCUT2D eigenvalue weighted by atomic mass is 10.3. The average Bonchev–Trinajstić information content (AvgIpc) is 2.71. The molecular formula is C10H19N3O2S2. The van der Waals surface area contributed by atoms with E-state index in [0.717, 1.165) is 12.2 Å². The highest BCUT2D eigenvalue weighted by atomic mass is 32.2. The lowest BCUT2D eigenvalue weighted by Crippen LogP contribution is -2.35. The summed E-state index contributed by atoms with van der Waals surface area (Å²) < 4.78 is 26.0. The molecule has 17 heavy (non-hydrogen) atoms. The Hall–Kier alpha value is -0.530. The van der Waals surface area contributed by atoms with Gasteiger partial charge in [0.1, 0.15) is 4.90 Å². The minimum atomic E-state index is -3.43. The van der Waals surface area contributed by atoms with Crippen molar-refractivity contribution >= 4 is 21.8 Å². The highest BCUT2D eigenvalue weighted by molar-refractivity contribution is 7.98. The Morgan fingerprint density at radius 3 is 2.71 bits per heavy atom. The number of nitrogens with one attached hydrogen (secondary N) is 1. The normalized spacial score (nSPS) is 14.2. The van der Waals surface area contributed by atoms with E-state index in [1.165, 1.54) is 10.5 Å². The number of aromatic nitrogens is 2. The zero-order valence-electron chi connectivity index (χ0n) is 10.6. The molecule has 0 aliphatic heterocycles. The maximum atomic E-state index is 12.3. The summed E-state index contributed by atoms with van der Waals surface area (Å²) >= 11 is 1.72. The van der Waals surface area contributed by atoms with E-state index in [0.29, 0.717) is 5.69 Å². The van der Waals surface area contributed by atoms with Crippen molar-refractivity contribution in [3.05, 3.63) is 11.9 Å². The van der Waals surface area contributed by atoms with E-state index in [1.54, 1.807) is 25.7 Å². The fourth-order valence-corrected chi connectivity index (χ4v) is 3.55. The van der Waals surface area contributed by atoms with Gasteiger partial charge in [-0.15, -0.1) is 0 Å². The first-order valence-electron chi connectivity index (χ1n) is 5.38. The minimum absolute atomic E-state index is 0.0123. The molecule has 1 heterocycles. The van der Waals surface area contributed by atoms with Crippen LogP contribution in [-0.4, -0.2) is 48.0 Å². The summed E-state index contributed by atoms with van der Waals surface area (Å²) in [5.41, 5.74) is 0.578. The number of H-pyrrole nitrogens is 1. The topological polar surface area (TPSA) is 66.1 Å². The van der Waals surface area contributed by atoms with Crippen LogP contribution >= 0.6 is 11.8 Å². The monoisotopic (exact) mass is 277 g/mol. The molecule has 0 saturated heterocycles. The molecule has 0 aliphatic rings. The van der Waals surface area contributed by atoms with Crippen molar-refractivity contribution in [1.29, 1.82) is 0 Å². The van der Waals surface area contributed by atoms with Crippen LogP contribution in [0.5, 0.6) is 0 Å². The Morgan fingerprint density at radius 2 is 2.24 bits per heavy atom. The van der Waals surface area contributed by atoms with Gasteiger partial charge in [-0.25, -0.2) is 8.42 Å². The summed E-state index contributed by atoms with van der Waals surface area (Å²) in [6.45, 7) is 3.63. The van der Waals surface area contributed by atoms with Gasteiger partial charge in [-0.1, -0.05) is 0 Å². The molecule has 0 fully saturated rings. The summed E-state index contributed by atoms with van der Waals surface area (Å²) in [4.78, 5) is 0.260. The van der Waals surface area contributed by atoms with Crippen molar-refractivity contribution in [3.63, 3.8) is 0 Å². The Balaban J connectivity index is 2.88. The van der Waals surface area contributed by atoms with Crippen molar-refractivity contribution in [2.45, 2.75) is 31.2 Å². The number of hydrogen-bond donors (Lipinski definition) is 1. The predicted octanol–water partition coefficient (Wildman–Crippen LogP) is 1.48. The van der Waals surface area contributed by atoms with Gasteiger partial charge in [-0.2, -0.15) is 21.2 Å². The molecule has 98 valence electrons. The molecule has 7 heteroatoms. The second-order valence-electron chi connectivity index (χ2n) is 4.01. The smallest absolute Gasteiger partial charge is 0.246 e. The van der Waals surface area contributed by atoms with Crippen LogP contribution in [0.4, 0.5) is 0 Å². The zero-order valence-corrected chi connectivity index (χ0v) is 12.2. The maximum Gasteiger partial charge on any atom is 0.246 e. The number of aromatic amines is 1. The third-order valence-electron chi connectivity index (χ3n) is 2.80. The van der Waals surface area contributed by atoms with E-state index < -0.39 is 10.0 Å². The Bertz CT molecular complexity index is 456. The molecule has 0 spiro atoms. The number of rotatable bonds is 6. The van der Waals surface area contributed by atoms with Gasteiger partial charge in [-0.05, 0) is 32.3 Å². The highest BCUT2D eigenvalue weighted by Crippen LogP contribution is 2.19. The SMILES string of the molecule is CSCCC(C)N(C)S(=O)(=O)c1cn[nH]c1C. The molecule has 0 radical (unpaired) electrons. The number of sulfonamides is 1. The van der Waals surface area contributed by atoms with Crippen molar-refractivity contribution in [2.75, 3.05) is 19.1 Å². The van der Waals surface area contributed by atoms with Gasteiger partial charge in [0.05, 0.1) is 11.9 Å². The number of hydrogen-bond acceptors (Lipinski definition) is 4. The van der Waals surface area contributed by atoms with Gasteiger partial charge in [0, 0.05) is 13.1 Å². The van der Waals surface area contributed by atoms with Gasteiger partial charge in [0.25, 0.3) is 0 Å². The lowest BCUT2D eigenvalue weighted by molar-refractivity contribution is 0.382. The molecule has 0 aliphatic carbocycles. The van der Waals surface area contributed by atoms with E-state index >= 15 is 0 Å². The summed E-state index contributed by atoms with van der Waals surface area (Å²) in [6.07, 6.45) is 4.22. The molecular weight excluding hydrogens is 258 g/mol. The van der Waals surface area contributed by atoms with Crippen molar-refractivity contribution < 1.29 is 8.42 Å². The number of thioether (sulfide) groups is 1. The van der Waals surface area contributed by atoms with Crippen molar-refractivity contribution in [2.24, 2.45) is 0 Å². The number of nitrogens with zero attached hydrogens (tertiary/aromatic N) is 2. The largest absolute Gasteiger partial charge is 0.281 e. The molecule has 1 atom stereocenters. The van der Waals surface area contributed by atoms with Crippen molar-refractivity contribution in [1.82, 2.24) is 14.5 Å². The molecule has 1 rings (SSSR count). The van der Waals surface area contributed by atoms with E-state index in [4.69, 9.17) is 0 Å². The van der Waals surface area contributed by atoms with Crippen LogP contribution in [0.2, 0.25) is 0 Å². The van der Waals surface area contributed by atoms with Crippen LogP contribution in [-0.2, 0) is 10.0 Å². The third-order valence-corrected chi connectivity index (χ3v) is 5.53. The van der Waals surface area contributed by atoms with Gasteiger partial charge >= 0.3 is 0 Å². The van der Waals surface area contributed by atoms with E-state index in [-0.39, 0.29) is 10.9 Å². The summed E-state index contributed by atoms with van der Waals surface area (Å²) in [6, 6.07) is -0.0123. The minimum Gasteiger partial charge on any atom is -0.281 e. The van der Waals surface area contributed by atoms with Crippen LogP contribution in [0.15, 0.2) is 11.1 Å². The van der Waals surface area contributed by atoms with Gasteiger partial charge in [0.15, 0.2) is 0 Å². The van der Waals surface area contributed by atoms with Crippen LogP contribution in [0.25, 0.3) is 0 Å². The summed E-state index contributed by atoms with van der Waals surface area (Å²) in [7, 11) is -1.81. The van der Waals surface area contributed by atoms with E-state index in [9.17, 15) is 8.42 Å². The molecule has 5 nitrogen and oxygen atoms in total. The molecule has 0 aromatic carbocycles. The highest BCUT2D eigenvalue weighted by Gasteiger charge is 2.27. The molecule has 0 bridgehead atoms. The van der Waals surface area contributed by atoms with Gasteiger partial charge < -0.3 is 0 Å². The second kappa shape index (κ2) is 5.88. The van der Waals surface area contributed by atoms with Crippen LogP contribution in [0.3, 0.4) is 0 Å². The summed E-state index contributed by atoms with van der Waals surface area (Å²) in [5.74, 6) is 0.950. The fourth-order valence-electron chi connectivity index (χ4n) is 1.46. The first kappa shape index (κ1) is 14.5. The zero-order chi connectivity index (χ0) is 13.1. The average molecular weight is 277 g/mol. The molecule has 0 saturated carbocycles. The van der Waals surface area contributed by atoms with E-state index in [1.807, 2.05) is 13.2 Å². The second-order valence-corrected chi connectivity index (χ2v) is 6.96. The molecule has 1 aromatic heterocycles. The first-order chi connectivity index (χ1) is 7.91. The fraction of sp³-hybridized carbons (Fsp3) is 0.700. The van der Waals surface area contributed by atoms with Gasteiger partial charge in [-0.3, -0.25) is 5.10 Å². The Kier molecular flexibility index (Phi) is 5.03. The van der Waals surface area contributed by atoms with Crippen LogP contribution in [0, 0.1) is 6.92 Å². The number of aryl methyl sites for hydroxylation is 1. The molecule has 0 amide bonds. The molecule has 1 unspecified atom stereocenters. The lowest BCUT2D eigenvalue weighted by Gasteiger charge is -2.23. The van der Waals surface area contributed by atoms with Crippen LogP contribution < -0.4 is 0 Å². The van der Waals surface area contributed by atoms with E-state index in [2.05, 4.69) is 10.2 Å². The Labute approximate surface area is 107 Å². The Morgan fingerprint density at radius 1 is 1.59 bits per heavy atom. The quantitative estimate of drug-likeness (QED) is 0.855. The van der Waals surface area contributed by atoms with Gasteiger partial charge in [0.2, 0.25) is 10.0 Å². The molecule has 1 N–H and O–H groups in total. The van der Waals surface area contributed by atoms with Crippen molar-refractivity contribution in [3.8, 4) is 0 Å². The maximum absolute atomic E-state index is 12.3. The first-order valence-corrected chi connectivity index (χ1v) is 8.21. The third kappa shape index (κ3) is 3.23. The molecule has 1 aromatic rings. The summed E-state index contributed by atoms with van der Waals surface area (Å²) in [5, 5.41) is 6.41. The standard InChI is InChI=1S/C10H19N3O2S2/c1-8(5-6-16-4)13(3)17(14,15)10-7-11-12-9(10)2/h7-8H,5-6H2,1-4H3,(H,11,12). The predicted molar refractivity (Wildman–Crippen MR) is 70.7 cm³/mol. The van der Waals surface area contributed by atoms with Crippen LogP contribution in [0.1, 0.15) is 19.0 Å².